The van der Waals surface area contributed by atoms with Crippen LogP contribution in [0, 0.1) is 0 Å². The second-order valence-electron chi connectivity index (χ2n) is 8.14. The highest BCUT2D eigenvalue weighted by Gasteiger charge is 2.08. The first-order valence-electron chi connectivity index (χ1n) is 11.5. The first-order valence-corrected chi connectivity index (χ1v) is 11.5. The van der Waals surface area contributed by atoms with Crippen LogP contribution in [0.2, 0.25) is 0 Å². The fourth-order valence-electron chi connectivity index (χ4n) is 3.87. The molecule has 2 amide bonds. The quantitative estimate of drug-likeness (QED) is 0.234. The number of pyridine rings is 3. The molecule has 0 unspecified atom stereocenters. The number of hydrogen-bond donors (Lipinski definition) is 3. The van der Waals surface area contributed by atoms with Gasteiger partial charge in [-0.25, -0.2) is 9.97 Å². The van der Waals surface area contributed by atoms with Gasteiger partial charge in [-0.15, -0.1) is 0 Å². The summed E-state index contributed by atoms with van der Waals surface area (Å²) in [6, 6.07) is 23.0. The summed E-state index contributed by atoms with van der Waals surface area (Å²) in [5.41, 5.74) is 2.39. The molecule has 0 aliphatic carbocycles. The molecule has 0 aliphatic heterocycles. The van der Waals surface area contributed by atoms with E-state index < -0.39 is 0 Å². The Bertz CT molecular complexity index is 1530. The van der Waals surface area contributed by atoms with Gasteiger partial charge < -0.3 is 16.0 Å². The molecule has 8 nitrogen and oxygen atoms in total. The number of benzene rings is 2. The number of nitrogens with zero attached hydrogens (tertiary/aromatic N) is 3. The molecular formula is C27H24N6O2. The number of carbonyl (C=O) groups excluding carboxylic acids is 2. The third-order valence-electron chi connectivity index (χ3n) is 5.62. The lowest BCUT2D eigenvalue weighted by Gasteiger charge is -2.08. The average molecular weight is 465 g/mol. The molecule has 0 fully saturated rings. The summed E-state index contributed by atoms with van der Waals surface area (Å²) in [7, 11) is 0. The number of para-hydroxylation sites is 1. The first-order chi connectivity index (χ1) is 17.2. The van der Waals surface area contributed by atoms with Gasteiger partial charge in [0.1, 0.15) is 11.6 Å². The molecule has 0 bridgehead atoms. The van der Waals surface area contributed by atoms with Gasteiger partial charge in [-0.1, -0.05) is 36.4 Å². The highest BCUT2D eigenvalue weighted by Crippen LogP contribution is 2.23. The Hall–Kier alpha value is -4.43. The van der Waals surface area contributed by atoms with E-state index in [2.05, 4.69) is 30.9 Å². The van der Waals surface area contributed by atoms with E-state index in [1.807, 2.05) is 60.7 Å². The highest BCUT2D eigenvalue weighted by atomic mass is 16.2. The summed E-state index contributed by atoms with van der Waals surface area (Å²) in [6.45, 7) is 0.907. The Morgan fingerprint density at radius 2 is 1.23 bits per heavy atom. The molecule has 0 saturated carbocycles. The summed E-state index contributed by atoms with van der Waals surface area (Å²) >= 11 is 0. The molecule has 0 atom stereocenters. The van der Waals surface area contributed by atoms with E-state index >= 15 is 0 Å². The van der Waals surface area contributed by atoms with Crippen LogP contribution >= 0.6 is 0 Å². The SMILES string of the molecule is O=C(CCNCCC(=O)Nc1ccc2ccc3cccnc3c2n1)Nc1ccc2ccccc2n1. The largest absolute Gasteiger partial charge is 0.316 e. The van der Waals surface area contributed by atoms with Crippen molar-refractivity contribution >= 4 is 56.2 Å². The van der Waals surface area contributed by atoms with E-state index in [4.69, 9.17) is 0 Å². The number of aromatic nitrogens is 3. The Morgan fingerprint density at radius 3 is 2.00 bits per heavy atom. The lowest BCUT2D eigenvalue weighted by molar-refractivity contribution is -0.116. The molecule has 0 radical (unpaired) electrons. The molecule has 3 N–H and O–H groups in total. The second kappa shape index (κ2) is 10.2. The molecule has 5 aromatic rings. The van der Waals surface area contributed by atoms with Gasteiger partial charge in [0, 0.05) is 48.3 Å². The van der Waals surface area contributed by atoms with Gasteiger partial charge in [0.2, 0.25) is 11.8 Å². The van der Waals surface area contributed by atoms with Crippen molar-refractivity contribution < 1.29 is 9.59 Å². The zero-order valence-electron chi connectivity index (χ0n) is 19.0. The summed E-state index contributed by atoms with van der Waals surface area (Å²) in [5, 5.41) is 11.8. The summed E-state index contributed by atoms with van der Waals surface area (Å²) in [4.78, 5) is 38.0. The van der Waals surface area contributed by atoms with Crippen molar-refractivity contribution in [1.82, 2.24) is 20.3 Å². The van der Waals surface area contributed by atoms with Crippen LogP contribution in [0.5, 0.6) is 0 Å². The van der Waals surface area contributed by atoms with Gasteiger partial charge in [0.15, 0.2) is 0 Å². The number of nitrogens with one attached hydrogen (secondary N) is 3. The second-order valence-corrected chi connectivity index (χ2v) is 8.14. The highest BCUT2D eigenvalue weighted by molar-refractivity contribution is 6.03. The minimum atomic E-state index is -0.151. The maximum absolute atomic E-state index is 12.4. The molecule has 8 heteroatoms. The zero-order chi connectivity index (χ0) is 24.0. The van der Waals surface area contributed by atoms with Crippen molar-refractivity contribution in [2.75, 3.05) is 23.7 Å². The van der Waals surface area contributed by atoms with Crippen molar-refractivity contribution in [3.05, 3.63) is 79.0 Å². The number of fused-ring (bicyclic) bond motifs is 4. The Balaban J connectivity index is 1.07. The average Bonchev–Trinajstić information content (AvgIpc) is 2.88. The van der Waals surface area contributed by atoms with E-state index in [0.717, 1.165) is 32.7 Å². The van der Waals surface area contributed by atoms with Crippen molar-refractivity contribution in [3.8, 4) is 0 Å². The van der Waals surface area contributed by atoms with Crippen molar-refractivity contribution in [2.45, 2.75) is 12.8 Å². The van der Waals surface area contributed by atoms with Crippen LogP contribution in [0.1, 0.15) is 12.8 Å². The van der Waals surface area contributed by atoms with E-state index in [9.17, 15) is 9.59 Å². The minimum Gasteiger partial charge on any atom is -0.316 e. The Labute approximate surface area is 201 Å². The molecular weight excluding hydrogens is 440 g/mol. The van der Waals surface area contributed by atoms with Gasteiger partial charge in [-0.2, -0.15) is 0 Å². The van der Waals surface area contributed by atoms with E-state index in [-0.39, 0.29) is 24.7 Å². The van der Waals surface area contributed by atoms with Gasteiger partial charge >= 0.3 is 0 Å². The molecule has 2 aromatic carbocycles. The lowest BCUT2D eigenvalue weighted by atomic mass is 10.1. The van der Waals surface area contributed by atoms with Crippen LogP contribution in [0.15, 0.2) is 79.0 Å². The van der Waals surface area contributed by atoms with E-state index in [1.165, 1.54) is 0 Å². The van der Waals surface area contributed by atoms with E-state index in [1.54, 1.807) is 18.3 Å². The molecule has 3 aromatic heterocycles. The topological polar surface area (TPSA) is 109 Å². The number of hydrogen-bond acceptors (Lipinski definition) is 6. The lowest BCUT2D eigenvalue weighted by Crippen LogP contribution is -2.25. The van der Waals surface area contributed by atoms with Crippen LogP contribution in [0.3, 0.4) is 0 Å². The summed E-state index contributed by atoms with van der Waals surface area (Å²) in [6.07, 6.45) is 2.28. The molecule has 0 saturated heterocycles. The van der Waals surface area contributed by atoms with Gasteiger partial charge in [0.05, 0.1) is 16.6 Å². The fourth-order valence-corrected chi connectivity index (χ4v) is 3.87. The maximum Gasteiger partial charge on any atom is 0.226 e. The Kier molecular flexibility index (Phi) is 6.54. The van der Waals surface area contributed by atoms with Gasteiger partial charge in [-0.05, 0) is 36.4 Å². The molecule has 3 heterocycles. The number of anilines is 2. The fraction of sp³-hybridized carbons (Fsp3) is 0.148. The van der Waals surface area contributed by atoms with Crippen LogP contribution in [-0.4, -0.2) is 39.9 Å². The standard InChI is InChI=1S/C27H24N6O2/c34-24(31-22-11-9-18-4-1-2-6-21(18)30-22)13-16-28-17-14-25(35)32-23-12-10-20-8-7-19-5-3-15-29-26(19)27(20)33-23/h1-12,15,28H,13-14,16-17H2,(H,30,31,34)(H,32,33,35). The molecule has 0 aliphatic rings. The minimum absolute atomic E-state index is 0.133. The zero-order valence-corrected chi connectivity index (χ0v) is 19.0. The van der Waals surface area contributed by atoms with Gasteiger partial charge in [-0.3, -0.25) is 14.6 Å². The van der Waals surface area contributed by atoms with Crippen LogP contribution < -0.4 is 16.0 Å². The Morgan fingerprint density at radius 1 is 0.629 bits per heavy atom. The predicted molar refractivity (Wildman–Crippen MR) is 138 cm³/mol. The monoisotopic (exact) mass is 464 g/mol. The third kappa shape index (κ3) is 5.39. The smallest absolute Gasteiger partial charge is 0.226 e. The normalized spacial score (nSPS) is 11.1. The van der Waals surface area contributed by atoms with Crippen LogP contribution in [-0.2, 0) is 9.59 Å². The number of rotatable bonds is 8. The molecule has 174 valence electrons. The number of carbonyl (C=O) groups is 2. The van der Waals surface area contributed by atoms with Crippen molar-refractivity contribution in [3.63, 3.8) is 0 Å². The van der Waals surface area contributed by atoms with Gasteiger partial charge in [0.25, 0.3) is 0 Å². The third-order valence-corrected chi connectivity index (χ3v) is 5.62. The van der Waals surface area contributed by atoms with Crippen molar-refractivity contribution in [1.29, 1.82) is 0 Å². The number of amides is 2. The maximum atomic E-state index is 12.4. The van der Waals surface area contributed by atoms with E-state index in [0.29, 0.717) is 24.7 Å². The molecule has 0 spiro atoms. The van der Waals surface area contributed by atoms with Crippen LogP contribution in [0.25, 0.3) is 32.7 Å². The molecule has 35 heavy (non-hydrogen) atoms. The van der Waals surface area contributed by atoms with Crippen molar-refractivity contribution in [2.24, 2.45) is 0 Å². The predicted octanol–water partition coefficient (Wildman–Crippen LogP) is 4.28. The summed E-state index contributed by atoms with van der Waals surface area (Å²) in [5.74, 6) is 0.732. The van der Waals surface area contributed by atoms with Crippen LogP contribution in [0.4, 0.5) is 11.6 Å². The summed E-state index contributed by atoms with van der Waals surface area (Å²) < 4.78 is 0. The first kappa shape index (κ1) is 22.4. The molecule has 5 rings (SSSR count).